The Morgan fingerprint density at radius 3 is 2.71 bits per heavy atom. The van der Waals surface area contributed by atoms with Crippen molar-refractivity contribution in [3.05, 3.63) is 0 Å². The van der Waals surface area contributed by atoms with Crippen LogP contribution in [0.3, 0.4) is 0 Å². The van der Waals surface area contributed by atoms with Crippen molar-refractivity contribution < 1.29 is 9.53 Å². The fourth-order valence-electron chi connectivity index (χ4n) is 1.37. The summed E-state index contributed by atoms with van der Waals surface area (Å²) in [6.07, 6.45) is 2.06. The van der Waals surface area contributed by atoms with Gasteiger partial charge in [0.25, 0.3) is 0 Å². The highest BCUT2D eigenvalue weighted by atomic mass is 32.2. The number of carbonyl (C=O) groups is 1. The van der Waals surface area contributed by atoms with Crippen LogP contribution >= 0.6 is 11.8 Å². The maximum atomic E-state index is 11.2. The van der Waals surface area contributed by atoms with Crippen molar-refractivity contribution in [1.29, 1.82) is 0 Å². The summed E-state index contributed by atoms with van der Waals surface area (Å²) in [7, 11) is 1.66. The molecule has 0 saturated heterocycles. The molecule has 1 unspecified atom stereocenters. The number of thioether (sulfide) groups is 1. The van der Waals surface area contributed by atoms with Gasteiger partial charge < -0.3 is 16.2 Å². The van der Waals surface area contributed by atoms with Crippen molar-refractivity contribution in [3.63, 3.8) is 0 Å². The highest BCUT2D eigenvalue weighted by molar-refractivity contribution is 7.99. The quantitative estimate of drug-likeness (QED) is 0.588. The summed E-state index contributed by atoms with van der Waals surface area (Å²) >= 11 is 1.63. The standard InChI is InChI=1S/C9H18N2O2S/c1-13-4-5-14-6-9(11,8(10)12)7-2-3-7/h7H,2-6,11H2,1H3,(H2,10,12). The van der Waals surface area contributed by atoms with Gasteiger partial charge in [0.1, 0.15) is 5.54 Å². The Bertz CT molecular complexity index is 209. The number of ether oxygens (including phenoxy) is 1. The fraction of sp³-hybridized carbons (Fsp3) is 0.889. The highest BCUT2D eigenvalue weighted by Crippen LogP contribution is 2.39. The molecule has 0 aliphatic heterocycles. The maximum Gasteiger partial charge on any atom is 0.238 e. The lowest BCUT2D eigenvalue weighted by molar-refractivity contribution is -0.123. The number of methoxy groups -OCH3 is 1. The number of carbonyl (C=O) groups excluding carboxylic acids is 1. The summed E-state index contributed by atoms with van der Waals surface area (Å²) in [4.78, 5) is 11.2. The molecule has 14 heavy (non-hydrogen) atoms. The van der Waals surface area contributed by atoms with Crippen molar-refractivity contribution in [3.8, 4) is 0 Å². The van der Waals surface area contributed by atoms with E-state index in [1.807, 2.05) is 0 Å². The van der Waals surface area contributed by atoms with Gasteiger partial charge in [0.2, 0.25) is 5.91 Å². The first kappa shape index (κ1) is 11.8. The van der Waals surface area contributed by atoms with E-state index in [4.69, 9.17) is 16.2 Å². The number of amides is 1. The molecule has 1 atom stereocenters. The van der Waals surface area contributed by atoms with Crippen LogP contribution in [0.5, 0.6) is 0 Å². The van der Waals surface area contributed by atoms with E-state index in [1.165, 1.54) is 0 Å². The molecule has 0 aromatic carbocycles. The lowest BCUT2D eigenvalue weighted by Crippen LogP contribution is -2.56. The van der Waals surface area contributed by atoms with E-state index in [0.717, 1.165) is 18.6 Å². The van der Waals surface area contributed by atoms with Gasteiger partial charge in [-0.2, -0.15) is 11.8 Å². The van der Waals surface area contributed by atoms with Crippen LogP contribution < -0.4 is 11.5 Å². The molecule has 1 saturated carbocycles. The SMILES string of the molecule is COCCSCC(N)(C(N)=O)C1CC1. The number of nitrogens with two attached hydrogens (primary N) is 2. The zero-order chi connectivity index (χ0) is 10.6. The number of hydrogen-bond donors (Lipinski definition) is 2. The first-order valence-electron chi connectivity index (χ1n) is 4.76. The largest absolute Gasteiger partial charge is 0.384 e. The van der Waals surface area contributed by atoms with Crippen LogP contribution in [0.2, 0.25) is 0 Å². The van der Waals surface area contributed by atoms with Crippen molar-refractivity contribution >= 4 is 17.7 Å². The van der Waals surface area contributed by atoms with Crippen LogP contribution in [-0.4, -0.2) is 36.7 Å². The van der Waals surface area contributed by atoms with E-state index in [1.54, 1.807) is 18.9 Å². The predicted molar refractivity (Wildman–Crippen MR) is 58.0 cm³/mol. The van der Waals surface area contributed by atoms with Crippen LogP contribution in [0.4, 0.5) is 0 Å². The number of hydrogen-bond acceptors (Lipinski definition) is 4. The van der Waals surface area contributed by atoms with Gasteiger partial charge in [-0.3, -0.25) is 4.79 Å². The van der Waals surface area contributed by atoms with E-state index in [0.29, 0.717) is 18.3 Å². The van der Waals surface area contributed by atoms with E-state index >= 15 is 0 Å². The number of rotatable bonds is 7. The molecular formula is C9H18N2O2S. The zero-order valence-electron chi connectivity index (χ0n) is 8.49. The van der Waals surface area contributed by atoms with E-state index < -0.39 is 5.54 Å². The Kier molecular flexibility index (Phi) is 4.22. The van der Waals surface area contributed by atoms with Gasteiger partial charge in [-0.25, -0.2) is 0 Å². The van der Waals surface area contributed by atoms with Gasteiger partial charge in [0.05, 0.1) is 6.61 Å². The normalized spacial score (nSPS) is 20.4. The Hall–Kier alpha value is -0.260. The molecular weight excluding hydrogens is 200 g/mol. The van der Waals surface area contributed by atoms with Crippen molar-refractivity contribution in [2.75, 3.05) is 25.2 Å². The van der Waals surface area contributed by atoms with Gasteiger partial charge >= 0.3 is 0 Å². The van der Waals surface area contributed by atoms with Gasteiger partial charge in [0, 0.05) is 18.6 Å². The second-order valence-corrected chi connectivity index (χ2v) is 4.83. The monoisotopic (exact) mass is 218 g/mol. The predicted octanol–water partition coefficient (Wildman–Crippen LogP) is -0.0412. The Morgan fingerprint density at radius 1 is 1.64 bits per heavy atom. The second-order valence-electron chi connectivity index (χ2n) is 3.72. The minimum Gasteiger partial charge on any atom is -0.384 e. The molecule has 1 aliphatic rings. The van der Waals surface area contributed by atoms with E-state index in [9.17, 15) is 4.79 Å². The van der Waals surface area contributed by atoms with Gasteiger partial charge in [0.15, 0.2) is 0 Å². The van der Waals surface area contributed by atoms with Crippen molar-refractivity contribution in [2.24, 2.45) is 17.4 Å². The Morgan fingerprint density at radius 2 is 2.29 bits per heavy atom. The third-order valence-corrected chi connectivity index (χ3v) is 3.67. The summed E-state index contributed by atoms with van der Waals surface area (Å²) in [6.45, 7) is 0.685. The molecule has 0 aromatic rings. The average Bonchev–Trinajstić information content (AvgIpc) is 2.95. The van der Waals surface area contributed by atoms with E-state index in [-0.39, 0.29) is 5.91 Å². The molecule has 0 spiro atoms. The molecule has 0 heterocycles. The molecule has 82 valence electrons. The minimum atomic E-state index is -0.793. The summed E-state index contributed by atoms with van der Waals surface area (Å²) in [5.74, 6) is 1.39. The minimum absolute atomic E-state index is 0.301. The molecule has 1 rings (SSSR count). The Labute approximate surface area is 88.7 Å². The van der Waals surface area contributed by atoms with Crippen molar-refractivity contribution in [1.82, 2.24) is 0 Å². The topological polar surface area (TPSA) is 78.3 Å². The molecule has 0 aromatic heterocycles. The van der Waals surface area contributed by atoms with Gasteiger partial charge in [-0.05, 0) is 18.8 Å². The first-order chi connectivity index (χ1) is 6.61. The summed E-state index contributed by atoms with van der Waals surface area (Å²) < 4.78 is 4.92. The zero-order valence-corrected chi connectivity index (χ0v) is 9.31. The first-order valence-corrected chi connectivity index (χ1v) is 5.92. The highest BCUT2D eigenvalue weighted by Gasteiger charge is 2.46. The van der Waals surface area contributed by atoms with Crippen LogP contribution in [0.15, 0.2) is 0 Å². The number of primary amides is 1. The average molecular weight is 218 g/mol. The maximum absolute atomic E-state index is 11.2. The smallest absolute Gasteiger partial charge is 0.238 e. The summed E-state index contributed by atoms with van der Waals surface area (Å²) in [5.41, 5.74) is 10.5. The third kappa shape index (κ3) is 2.87. The van der Waals surface area contributed by atoms with Gasteiger partial charge in [-0.15, -0.1) is 0 Å². The molecule has 1 fully saturated rings. The van der Waals surface area contributed by atoms with Crippen LogP contribution in [0, 0.1) is 5.92 Å². The van der Waals surface area contributed by atoms with E-state index in [2.05, 4.69) is 0 Å². The fourth-order valence-corrected chi connectivity index (χ4v) is 2.52. The molecule has 5 heteroatoms. The molecule has 0 radical (unpaired) electrons. The van der Waals surface area contributed by atoms with Crippen LogP contribution in [0.1, 0.15) is 12.8 Å². The molecule has 1 amide bonds. The molecule has 1 aliphatic carbocycles. The molecule has 4 N–H and O–H groups in total. The van der Waals surface area contributed by atoms with Crippen LogP contribution in [-0.2, 0) is 9.53 Å². The van der Waals surface area contributed by atoms with Gasteiger partial charge in [-0.1, -0.05) is 0 Å². The second kappa shape index (κ2) is 5.00. The lowest BCUT2D eigenvalue weighted by Gasteiger charge is -2.25. The third-order valence-electron chi connectivity index (χ3n) is 2.54. The van der Waals surface area contributed by atoms with Crippen molar-refractivity contribution in [2.45, 2.75) is 18.4 Å². The lowest BCUT2D eigenvalue weighted by atomic mass is 9.96. The molecule has 0 bridgehead atoms. The summed E-state index contributed by atoms with van der Waals surface area (Å²) in [5, 5.41) is 0. The summed E-state index contributed by atoms with van der Waals surface area (Å²) in [6, 6.07) is 0. The Balaban J connectivity index is 2.32. The molecule has 4 nitrogen and oxygen atoms in total. The van der Waals surface area contributed by atoms with Crippen LogP contribution in [0.25, 0.3) is 0 Å².